The summed E-state index contributed by atoms with van der Waals surface area (Å²) in [4.78, 5) is 24.0. The van der Waals surface area contributed by atoms with E-state index in [9.17, 15) is 9.59 Å². The van der Waals surface area contributed by atoms with Crippen LogP contribution in [0.4, 0.5) is 5.69 Å². The summed E-state index contributed by atoms with van der Waals surface area (Å²) in [7, 11) is 0. The highest BCUT2D eigenvalue weighted by molar-refractivity contribution is 9.10. The molecule has 2 amide bonds. The van der Waals surface area contributed by atoms with Crippen molar-refractivity contribution in [2.45, 2.75) is 45.6 Å². The number of hydrogen-bond donors (Lipinski definition) is 2. The highest BCUT2D eigenvalue weighted by Crippen LogP contribution is 2.24. The van der Waals surface area contributed by atoms with Crippen molar-refractivity contribution >= 4 is 33.4 Å². The zero-order chi connectivity index (χ0) is 15.4. The summed E-state index contributed by atoms with van der Waals surface area (Å²) in [6.07, 6.45) is 4.39. The lowest BCUT2D eigenvalue weighted by molar-refractivity contribution is -0.137. The van der Waals surface area contributed by atoms with Gasteiger partial charge >= 0.3 is 11.8 Å². The SMILES string of the molecule is Cc1cc(Br)ccc1NC(=O)C(=O)NC1CCCCC1C. The van der Waals surface area contributed by atoms with Crippen LogP contribution in [0.2, 0.25) is 0 Å². The van der Waals surface area contributed by atoms with Crippen LogP contribution in [0.25, 0.3) is 0 Å². The van der Waals surface area contributed by atoms with Gasteiger partial charge in [0.15, 0.2) is 0 Å². The molecular weight excluding hydrogens is 332 g/mol. The largest absolute Gasteiger partial charge is 0.345 e. The van der Waals surface area contributed by atoms with Gasteiger partial charge in [0.05, 0.1) is 0 Å². The molecule has 2 N–H and O–H groups in total. The topological polar surface area (TPSA) is 58.2 Å². The maximum Gasteiger partial charge on any atom is 0.313 e. The van der Waals surface area contributed by atoms with Crippen molar-refractivity contribution in [3.63, 3.8) is 0 Å². The van der Waals surface area contributed by atoms with Crippen molar-refractivity contribution in [1.82, 2.24) is 5.32 Å². The lowest BCUT2D eigenvalue weighted by Gasteiger charge is -2.29. The predicted octanol–water partition coefficient (Wildman–Crippen LogP) is 3.39. The highest BCUT2D eigenvalue weighted by Gasteiger charge is 2.25. The molecule has 0 aliphatic heterocycles. The van der Waals surface area contributed by atoms with Gasteiger partial charge in [0.1, 0.15) is 0 Å². The first kappa shape index (κ1) is 16.0. The zero-order valence-corrected chi connectivity index (χ0v) is 14.0. The molecule has 0 aromatic heterocycles. The number of anilines is 1. The Labute approximate surface area is 133 Å². The van der Waals surface area contributed by atoms with E-state index < -0.39 is 11.8 Å². The smallest absolute Gasteiger partial charge is 0.313 e. The van der Waals surface area contributed by atoms with E-state index in [2.05, 4.69) is 33.5 Å². The predicted molar refractivity (Wildman–Crippen MR) is 87.1 cm³/mol. The minimum Gasteiger partial charge on any atom is -0.345 e. The summed E-state index contributed by atoms with van der Waals surface area (Å²) in [5, 5.41) is 5.53. The van der Waals surface area contributed by atoms with Crippen LogP contribution in [0.1, 0.15) is 38.2 Å². The first-order valence-corrected chi connectivity index (χ1v) is 8.14. The van der Waals surface area contributed by atoms with Crippen LogP contribution < -0.4 is 10.6 Å². The van der Waals surface area contributed by atoms with Crippen LogP contribution in [0, 0.1) is 12.8 Å². The van der Waals surface area contributed by atoms with Crippen LogP contribution in [0.15, 0.2) is 22.7 Å². The number of benzene rings is 1. The Morgan fingerprint density at radius 2 is 1.90 bits per heavy atom. The Bertz CT molecular complexity index is 545. The fourth-order valence-corrected chi connectivity index (χ4v) is 3.19. The van der Waals surface area contributed by atoms with Gasteiger partial charge in [-0.2, -0.15) is 0 Å². The molecule has 0 radical (unpaired) electrons. The van der Waals surface area contributed by atoms with E-state index in [0.29, 0.717) is 11.6 Å². The molecule has 1 aliphatic carbocycles. The van der Waals surface area contributed by atoms with Gasteiger partial charge in [-0.25, -0.2) is 0 Å². The van der Waals surface area contributed by atoms with Crippen molar-refractivity contribution in [1.29, 1.82) is 0 Å². The second kappa shape index (κ2) is 7.07. The van der Waals surface area contributed by atoms with Gasteiger partial charge in [-0.1, -0.05) is 35.7 Å². The van der Waals surface area contributed by atoms with Crippen LogP contribution in [0.5, 0.6) is 0 Å². The van der Waals surface area contributed by atoms with Gasteiger partial charge in [0.25, 0.3) is 0 Å². The summed E-state index contributed by atoms with van der Waals surface area (Å²) < 4.78 is 0.943. The summed E-state index contributed by atoms with van der Waals surface area (Å²) in [6.45, 7) is 4.02. The van der Waals surface area contributed by atoms with Crippen LogP contribution >= 0.6 is 15.9 Å². The second-order valence-corrected chi connectivity index (χ2v) is 6.67. The van der Waals surface area contributed by atoms with Gasteiger partial charge in [0.2, 0.25) is 0 Å². The lowest BCUT2D eigenvalue weighted by Crippen LogP contribution is -2.45. The summed E-state index contributed by atoms with van der Waals surface area (Å²) >= 11 is 3.37. The third-order valence-corrected chi connectivity index (χ3v) is 4.56. The molecule has 21 heavy (non-hydrogen) atoms. The lowest BCUT2D eigenvalue weighted by atomic mass is 9.86. The van der Waals surface area contributed by atoms with Crippen molar-refractivity contribution in [2.24, 2.45) is 5.92 Å². The molecule has 0 saturated heterocycles. The van der Waals surface area contributed by atoms with E-state index in [-0.39, 0.29) is 6.04 Å². The van der Waals surface area contributed by atoms with Crippen molar-refractivity contribution in [2.75, 3.05) is 5.32 Å². The van der Waals surface area contributed by atoms with E-state index in [1.807, 2.05) is 19.1 Å². The van der Waals surface area contributed by atoms with E-state index in [0.717, 1.165) is 29.3 Å². The van der Waals surface area contributed by atoms with Crippen molar-refractivity contribution in [3.05, 3.63) is 28.2 Å². The average Bonchev–Trinajstić information content (AvgIpc) is 2.44. The fraction of sp³-hybridized carbons (Fsp3) is 0.500. The molecule has 1 aromatic rings. The summed E-state index contributed by atoms with van der Waals surface area (Å²) in [5.74, 6) is -0.709. The third kappa shape index (κ3) is 4.30. The molecule has 0 bridgehead atoms. The number of halogens is 1. The molecule has 1 fully saturated rings. The average molecular weight is 353 g/mol. The molecule has 1 saturated carbocycles. The van der Waals surface area contributed by atoms with Crippen molar-refractivity contribution in [3.8, 4) is 0 Å². The monoisotopic (exact) mass is 352 g/mol. The third-order valence-electron chi connectivity index (χ3n) is 4.07. The van der Waals surface area contributed by atoms with Gasteiger partial charge in [0, 0.05) is 16.2 Å². The number of nitrogens with one attached hydrogen (secondary N) is 2. The Morgan fingerprint density at radius 1 is 1.19 bits per heavy atom. The molecule has 2 atom stereocenters. The standard InChI is InChI=1S/C16H21BrN2O2/c1-10-5-3-4-6-13(10)18-15(20)16(21)19-14-8-7-12(17)9-11(14)2/h7-10,13H,3-6H2,1-2H3,(H,18,20)(H,19,21). The molecule has 1 aliphatic rings. The Balaban J connectivity index is 1.94. The second-order valence-electron chi connectivity index (χ2n) is 5.76. The molecule has 5 heteroatoms. The Morgan fingerprint density at radius 3 is 2.57 bits per heavy atom. The maximum absolute atomic E-state index is 12.0. The Kier molecular flexibility index (Phi) is 5.39. The van der Waals surface area contributed by atoms with E-state index in [4.69, 9.17) is 0 Å². The number of amides is 2. The summed E-state index contributed by atoms with van der Waals surface area (Å²) in [5.41, 5.74) is 1.58. The van der Waals surface area contributed by atoms with Gasteiger partial charge in [-0.05, 0) is 49.4 Å². The molecule has 2 unspecified atom stereocenters. The van der Waals surface area contributed by atoms with Gasteiger partial charge < -0.3 is 10.6 Å². The first-order chi connectivity index (χ1) is 9.97. The van der Waals surface area contributed by atoms with E-state index in [1.165, 1.54) is 6.42 Å². The molecule has 2 rings (SSSR count). The van der Waals surface area contributed by atoms with Gasteiger partial charge in [-0.15, -0.1) is 0 Å². The molecule has 0 spiro atoms. The van der Waals surface area contributed by atoms with E-state index >= 15 is 0 Å². The number of carbonyl (C=O) groups is 2. The number of aryl methyl sites for hydroxylation is 1. The van der Waals surface area contributed by atoms with Crippen LogP contribution in [-0.2, 0) is 9.59 Å². The normalized spacial score (nSPS) is 21.7. The van der Waals surface area contributed by atoms with Crippen molar-refractivity contribution < 1.29 is 9.59 Å². The quantitative estimate of drug-likeness (QED) is 0.801. The molecule has 1 aromatic carbocycles. The highest BCUT2D eigenvalue weighted by atomic mass is 79.9. The van der Waals surface area contributed by atoms with Crippen LogP contribution in [-0.4, -0.2) is 17.9 Å². The van der Waals surface area contributed by atoms with Gasteiger partial charge in [-0.3, -0.25) is 9.59 Å². The molecule has 0 heterocycles. The minimum atomic E-state index is -0.599. The maximum atomic E-state index is 12.0. The summed E-state index contributed by atoms with van der Waals surface area (Å²) in [6, 6.07) is 5.64. The minimum absolute atomic E-state index is 0.114. The van der Waals surface area contributed by atoms with Crippen LogP contribution in [0.3, 0.4) is 0 Å². The number of rotatable bonds is 2. The number of hydrogen-bond acceptors (Lipinski definition) is 2. The molecule has 114 valence electrons. The fourth-order valence-electron chi connectivity index (χ4n) is 2.71. The van der Waals surface area contributed by atoms with E-state index in [1.54, 1.807) is 6.07 Å². The Hall–Kier alpha value is -1.36. The first-order valence-electron chi connectivity index (χ1n) is 7.35. The molecular formula is C16H21BrN2O2. The zero-order valence-electron chi connectivity index (χ0n) is 12.4. The molecule has 4 nitrogen and oxygen atoms in total. The number of carbonyl (C=O) groups excluding carboxylic acids is 2.